The molecule has 2 unspecified atom stereocenters. The van der Waals surface area contributed by atoms with Gasteiger partial charge in [0.05, 0.1) is 11.5 Å². The molecule has 5 heteroatoms. The van der Waals surface area contributed by atoms with Crippen molar-refractivity contribution in [1.82, 2.24) is 15.5 Å². The van der Waals surface area contributed by atoms with Gasteiger partial charge in [0.2, 0.25) is 11.8 Å². The first-order chi connectivity index (χ1) is 8.57. The van der Waals surface area contributed by atoms with Crippen molar-refractivity contribution < 1.29 is 9.59 Å². The van der Waals surface area contributed by atoms with Gasteiger partial charge in [-0.25, -0.2) is 0 Å². The molecule has 2 atom stereocenters. The predicted molar refractivity (Wildman–Crippen MR) is 69.0 cm³/mol. The lowest BCUT2D eigenvalue weighted by molar-refractivity contribution is -0.134. The van der Waals surface area contributed by atoms with Crippen LogP contribution in [0.3, 0.4) is 0 Å². The number of rotatable bonds is 2. The van der Waals surface area contributed by atoms with Gasteiger partial charge in [-0.05, 0) is 32.7 Å². The number of hydrogen-bond donors (Lipinski definition) is 2. The Bertz CT molecular complexity index is 339. The van der Waals surface area contributed by atoms with Crippen LogP contribution in [0.4, 0.5) is 0 Å². The van der Waals surface area contributed by atoms with Crippen LogP contribution in [0.2, 0.25) is 0 Å². The van der Waals surface area contributed by atoms with E-state index < -0.39 is 5.41 Å². The fourth-order valence-electron chi connectivity index (χ4n) is 2.92. The van der Waals surface area contributed by atoms with E-state index in [2.05, 4.69) is 10.6 Å². The highest BCUT2D eigenvalue weighted by Gasteiger charge is 2.42. The Morgan fingerprint density at radius 2 is 2.17 bits per heavy atom. The number of amides is 2. The molecule has 0 aromatic carbocycles. The van der Waals surface area contributed by atoms with E-state index in [-0.39, 0.29) is 17.9 Å². The number of carbonyl (C=O) groups is 2. The summed E-state index contributed by atoms with van der Waals surface area (Å²) in [5, 5.41) is 5.97. The zero-order valence-corrected chi connectivity index (χ0v) is 11.3. The molecular weight excluding hydrogens is 230 g/mol. The van der Waals surface area contributed by atoms with Crippen LogP contribution in [0.25, 0.3) is 0 Å². The van der Waals surface area contributed by atoms with Gasteiger partial charge in [0.15, 0.2) is 0 Å². The van der Waals surface area contributed by atoms with Crippen LogP contribution in [-0.4, -0.2) is 49.4 Å². The van der Waals surface area contributed by atoms with E-state index in [1.165, 1.54) is 0 Å². The summed E-state index contributed by atoms with van der Waals surface area (Å²) >= 11 is 0. The van der Waals surface area contributed by atoms with Gasteiger partial charge in [0.25, 0.3) is 0 Å². The van der Waals surface area contributed by atoms with Gasteiger partial charge in [-0.15, -0.1) is 0 Å². The summed E-state index contributed by atoms with van der Waals surface area (Å²) in [6, 6.07) is -0.0363. The van der Waals surface area contributed by atoms with E-state index >= 15 is 0 Å². The highest BCUT2D eigenvalue weighted by atomic mass is 16.2. The Labute approximate surface area is 108 Å². The normalized spacial score (nSPS) is 32.3. The molecule has 0 aliphatic carbocycles. The minimum Gasteiger partial charge on any atom is -0.359 e. The number of hydrogen-bond acceptors (Lipinski definition) is 3. The van der Waals surface area contributed by atoms with E-state index in [4.69, 9.17) is 0 Å². The molecule has 2 amide bonds. The lowest BCUT2D eigenvalue weighted by atomic mass is 9.89. The minimum atomic E-state index is -0.418. The Kier molecular flexibility index (Phi) is 3.90. The van der Waals surface area contributed by atoms with Crippen LogP contribution in [-0.2, 0) is 9.59 Å². The van der Waals surface area contributed by atoms with E-state index in [0.29, 0.717) is 13.1 Å². The van der Waals surface area contributed by atoms with Crippen molar-refractivity contribution in [2.24, 2.45) is 5.41 Å². The van der Waals surface area contributed by atoms with Crippen molar-refractivity contribution in [3.05, 3.63) is 0 Å². The first-order valence-electron chi connectivity index (χ1n) is 6.81. The summed E-state index contributed by atoms with van der Waals surface area (Å²) in [5.74, 6) is 0.205. The van der Waals surface area contributed by atoms with E-state index in [0.717, 1.165) is 32.2 Å². The quantitative estimate of drug-likeness (QED) is 0.734. The smallest absolute Gasteiger partial charge is 0.239 e. The second-order valence-electron chi connectivity index (χ2n) is 5.65. The van der Waals surface area contributed by atoms with Crippen molar-refractivity contribution in [1.29, 1.82) is 0 Å². The van der Waals surface area contributed by atoms with Crippen LogP contribution in [0.15, 0.2) is 0 Å². The molecule has 18 heavy (non-hydrogen) atoms. The molecule has 2 aliphatic heterocycles. The summed E-state index contributed by atoms with van der Waals surface area (Å²) in [6.45, 7) is 4.11. The van der Waals surface area contributed by atoms with Gasteiger partial charge < -0.3 is 15.5 Å². The van der Waals surface area contributed by atoms with Crippen molar-refractivity contribution in [3.63, 3.8) is 0 Å². The SMILES string of the molecule is CNC(=O)C1(C)CCN(C(=O)C2CCCCN2)C1. The Morgan fingerprint density at radius 1 is 1.39 bits per heavy atom. The molecule has 2 heterocycles. The Balaban J connectivity index is 1.95. The molecule has 0 bridgehead atoms. The molecule has 2 aliphatic rings. The van der Waals surface area contributed by atoms with E-state index in [1.807, 2.05) is 11.8 Å². The summed E-state index contributed by atoms with van der Waals surface area (Å²) < 4.78 is 0. The second kappa shape index (κ2) is 5.26. The topological polar surface area (TPSA) is 61.4 Å². The Hall–Kier alpha value is -1.10. The van der Waals surface area contributed by atoms with Gasteiger partial charge >= 0.3 is 0 Å². The zero-order valence-electron chi connectivity index (χ0n) is 11.3. The number of piperidine rings is 1. The van der Waals surface area contributed by atoms with Crippen molar-refractivity contribution in [3.8, 4) is 0 Å². The van der Waals surface area contributed by atoms with Gasteiger partial charge in [-0.2, -0.15) is 0 Å². The molecule has 2 saturated heterocycles. The third kappa shape index (κ3) is 2.51. The zero-order chi connectivity index (χ0) is 13.2. The maximum absolute atomic E-state index is 12.3. The largest absolute Gasteiger partial charge is 0.359 e. The average molecular weight is 253 g/mol. The van der Waals surface area contributed by atoms with Gasteiger partial charge in [-0.1, -0.05) is 6.42 Å². The molecule has 0 aromatic rings. The van der Waals surface area contributed by atoms with Gasteiger partial charge in [-0.3, -0.25) is 9.59 Å². The monoisotopic (exact) mass is 253 g/mol. The maximum Gasteiger partial charge on any atom is 0.239 e. The summed E-state index contributed by atoms with van der Waals surface area (Å²) in [7, 11) is 1.65. The minimum absolute atomic E-state index is 0.0363. The molecular formula is C13H23N3O2. The van der Waals surface area contributed by atoms with E-state index in [1.54, 1.807) is 7.05 Å². The highest BCUT2D eigenvalue weighted by molar-refractivity contribution is 5.86. The summed E-state index contributed by atoms with van der Waals surface area (Å²) in [4.78, 5) is 26.0. The van der Waals surface area contributed by atoms with Gasteiger partial charge in [0, 0.05) is 20.1 Å². The van der Waals surface area contributed by atoms with Crippen LogP contribution < -0.4 is 10.6 Å². The van der Waals surface area contributed by atoms with Crippen molar-refractivity contribution >= 4 is 11.8 Å². The fourth-order valence-corrected chi connectivity index (χ4v) is 2.92. The average Bonchev–Trinajstić information content (AvgIpc) is 2.82. The Morgan fingerprint density at radius 3 is 2.78 bits per heavy atom. The molecule has 102 valence electrons. The standard InChI is InChI=1S/C13H23N3O2/c1-13(12(18)14-2)6-8-16(9-13)11(17)10-5-3-4-7-15-10/h10,15H,3-9H2,1-2H3,(H,14,18). The molecule has 2 rings (SSSR count). The predicted octanol–water partition coefficient (Wildman–Crippen LogP) is 0.113. The number of likely N-dealkylation sites (tertiary alicyclic amines) is 1. The lowest BCUT2D eigenvalue weighted by Crippen LogP contribution is -2.49. The van der Waals surface area contributed by atoms with Crippen LogP contribution in [0.5, 0.6) is 0 Å². The molecule has 0 aromatic heterocycles. The molecule has 0 spiro atoms. The number of nitrogens with zero attached hydrogens (tertiary/aromatic N) is 1. The molecule has 0 saturated carbocycles. The summed E-state index contributed by atoms with van der Waals surface area (Å²) in [6.07, 6.45) is 3.95. The van der Waals surface area contributed by atoms with Crippen LogP contribution in [0, 0.1) is 5.41 Å². The first kappa shape index (κ1) is 13.3. The van der Waals surface area contributed by atoms with Crippen molar-refractivity contribution in [2.45, 2.75) is 38.6 Å². The fraction of sp³-hybridized carbons (Fsp3) is 0.846. The molecule has 2 N–H and O–H groups in total. The maximum atomic E-state index is 12.3. The van der Waals surface area contributed by atoms with Crippen LogP contribution >= 0.6 is 0 Å². The number of carbonyl (C=O) groups excluding carboxylic acids is 2. The third-order valence-electron chi connectivity index (χ3n) is 4.17. The molecule has 5 nitrogen and oxygen atoms in total. The summed E-state index contributed by atoms with van der Waals surface area (Å²) in [5.41, 5.74) is -0.418. The highest BCUT2D eigenvalue weighted by Crippen LogP contribution is 2.30. The number of nitrogens with one attached hydrogen (secondary N) is 2. The van der Waals surface area contributed by atoms with Crippen LogP contribution in [0.1, 0.15) is 32.6 Å². The first-order valence-corrected chi connectivity index (χ1v) is 6.81. The molecule has 0 radical (unpaired) electrons. The van der Waals surface area contributed by atoms with Crippen molar-refractivity contribution in [2.75, 3.05) is 26.7 Å². The molecule has 2 fully saturated rings. The van der Waals surface area contributed by atoms with Gasteiger partial charge in [0.1, 0.15) is 0 Å². The lowest BCUT2D eigenvalue weighted by Gasteiger charge is -2.28. The second-order valence-corrected chi connectivity index (χ2v) is 5.65. The van der Waals surface area contributed by atoms with E-state index in [9.17, 15) is 9.59 Å². The third-order valence-corrected chi connectivity index (χ3v) is 4.17.